The minimum Gasteiger partial charge on any atom is -0.490 e. The van der Waals surface area contributed by atoms with E-state index in [1.54, 1.807) is 24.3 Å². The van der Waals surface area contributed by atoms with Crippen LogP contribution in [-0.4, -0.2) is 42.6 Å². The van der Waals surface area contributed by atoms with Crippen molar-refractivity contribution in [2.24, 2.45) is 0 Å². The normalized spacial score (nSPS) is 17.8. The third-order valence-corrected chi connectivity index (χ3v) is 7.60. The Bertz CT molecular complexity index is 1300. The molecule has 3 aliphatic rings. The number of carbonyl (C=O) groups is 3. The highest BCUT2D eigenvalue weighted by atomic mass is 35.5. The highest BCUT2D eigenvalue weighted by Crippen LogP contribution is 2.50. The van der Waals surface area contributed by atoms with E-state index in [9.17, 15) is 14.4 Å². The first-order valence-electron chi connectivity index (χ1n) is 13.1. The van der Waals surface area contributed by atoms with Crippen molar-refractivity contribution in [1.82, 2.24) is 4.90 Å². The van der Waals surface area contributed by atoms with Gasteiger partial charge in [-0.05, 0) is 62.4 Å². The third-order valence-electron chi connectivity index (χ3n) is 7.31. The van der Waals surface area contributed by atoms with Gasteiger partial charge in [-0.1, -0.05) is 29.8 Å². The quantitative estimate of drug-likeness (QED) is 0.483. The topological polar surface area (TPSA) is 84.9 Å². The van der Waals surface area contributed by atoms with Crippen molar-refractivity contribution in [2.75, 3.05) is 25.6 Å². The molecule has 198 valence electrons. The molecule has 1 N–H and O–H groups in total. The lowest BCUT2D eigenvalue weighted by Gasteiger charge is -2.42. The Labute approximate surface area is 227 Å². The van der Waals surface area contributed by atoms with E-state index in [4.69, 9.17) is 21.1 Å². The van der Waals surface area contributed by atoms with E-state index in [-0.39, 0.29) is 34.9 Å². The lowest BCUT2D eigenvalue weighted by Crippen LogP contribution is -2.37. The van der Waals surface area contributed by atoms with E-state index < -0.39 is 5.92 Å². The van der Waals surface area contributed by atoms with E-state index >= 15 is 0 Å². The number of para-hydroxylation sites is 1. The van der Waals surface area contributed by atoms with E-state index in [1.165, 1.54) is 0 Å². The summed E-state index contributed by atoms with van der Waals surface area (Å²) in [6, 6.07) is 12.6. The fourth-order valence-corrected chi connectivity index (χ4v) is 5.97. The summed E-state index contributed by atoms with van der Waals surface area (Å²) < 4.78 is 11.7. The molecule has 0 saturated carbocycles. The van der Waals surface area contributed by atoms with Crippen LogP contribution in [0.25, 0.3) is 0 Å². The fourth-order valence-electron chi connectivity index (χ4n) is 5.70. The van der Waals surface area contributed by atoms with Crippen molar-refractivity contribution >= 4 is 34.8 Å². The highest BCUT2D eigenvalue weighted by Gasteiger charge is 2.42. The summed E-state index contributed by atoms with van der Waals surface area (Å²) in [6.45, 7) is 1.93. The number of carbonyl (C=O) groups excluding carboxylic acids is 3. The van der Waals surface area contributed by atoms with E-state index in [2.05, 4.69) is 10.2 Å². The lowest BCUT2D eigenvalue weighted by atomic mass is 9.71. The zero-order valence-corrected chi connectivity index (χ0v) is 22.4. The maximum Gasteiger partial charge on any atom is 0.262 e. The number of rotatable bonds is 7. The van der Waals surface area contributed by atoms with Gasteiger partial charge in [0.15, 0.2) is 29.7 Å². The monoisotopic (exact) mass is 534 g/mol. The second-order valence-electron chi connectivity index (χ2n) is 9.73. The van der Waals surface area contributed by atoms with Crippen molar-refractivity contribution < 1.29 is 23.9 Å². The van der Waals surface area contributed by atoms with Gasteiger partial charge in [0.1, 0.15) is 0 Å². The maximum atomic E-state index is 13.3. The van der Waals surface area contributed by atoms with Gasteiger partial charge in [0, 0.05) is 54.0 Å². The molecule has 2 aliphatic carbocycles. The summed E-state index contributed by atoms with van der Waals surface area (Å²) in [5, 5.41) is 3.04. The predicted octanol–water partition coefficient (Wildman–Crippen LogP) is 5.80. The molecule has 0 bridgehead atoms. The summed E-state index contributed by atoms with van der Waals surface area (Å²) in [4.78, 5) is 41.1. The van der Waals surface area contributed by atoms with Crippen molar-refractivity contribution in [3.63, 3.8) is 0 Å². The van der Waals surface area contributed by atoms with Gasteiger partial charge >= 0.3 is 0 Å². The molecule has 0 unspecified atom stereocenters. The Morgan fingerprint density at radius 2 is 1.61 bits per heavy atom. The molecule has 1 aliphatic heterocycles. The van der Waals surface area contributed by atoms with Gasteiger partial charge in [-0.15, -0.1) is 0 Å². The van der Waals surface area contributed by atoms with E-state index in [0.717, 1.165) is 42.6 Å². The summed E-state index contributed by atoms with van der Waals surface area (Å²) in [6.07, 6.45) is 4.11. The number of ether oxygens (including phenoxy) is 2. The van der Waals surface area contributed by atoms with E-state index in [0.29, 0.717) is 42.0 Å². The maximum absolute atomic E-state index is 13.3. The van der Waals surface area contributed by atoms with Crippen molar-refractivity contribution in [1.29, 1.82) is 0 Å². The van der Waals surface area contributed by atoms with Gasteiger partial charge in [0.25, 0.3) is 5.91 Å². The molecule has 0 aromatic heterocycles. The van der Waals surface area contributed by atoms with Crippen LogP contribution < -0.4 is 14.8 Å². The Morgan fingerprint density at radius 1 is 0.974 bits per heavy atom. The van der Waals surface area contributed by atoms with E-state index in [1.807, 2.05) is 32.2 Å². The number of benzene rings is 2. The number of anilines is 1. The lowest BCUT2D eigenvalue weighted by molar-refractivity contribution is -0.118. The van der Waals surface area contributed by atoms with Gasteiger partial charge in [0.05, 0.1) is 11.6 Å². The van der Waals surface area contributed by atoms with Crippen molar-refractivity contribution in [3.8, 4) is 11.5 Å². The first-order valence-corrected chi connectivity index (χ1v) is 13.5. The third kappa shape index (κ3) is 4.95. The minimum atomic E-state index is -0.496. The van der Waals surface area contributed by atoms with Gasteiger partial charge in [-0.3, -0.25) is 14.4 Å². The number of amides is 1. The molecule has 0 saturated heterocycles. The number of hydrogen-bond donors (Lipinski definition) is 1. The van der Waals surface area contributed by atoms with Crippen LogP contribution in [0, 0.1) is 0 Å². The first-order chi connectivity index (χ1) is 18.4. The van der Waals surface area contributed by atoms with Crippen LogP contribution in [0.15, 0.2) is 65.0 Å². The first kappa shape index (κ1) is 26.0. The van der Waals surface area contributed by atoms with Crippen LogP contribution in [0.1, 0.15) is 56.9 Å². The largest absolute Gasteiger partial charge is 0.490 e. The number of nitrogens with zero attached hydrogens (tertiary/aromatic N) is 1. The standard InChI is InChI=1S/C30H31ClN2O5/c1-3-37-25-16-18(15-20(31)30(25)38-17-26(36)32-19-9-5-4-6-10-19)27-28-21(11-7-13-23(28)34)33(2)22-12-8-14-24(35)29(22)27/h4-6,9-10,15-16,27H,3,7-8,11-14,17H2,1-2H3,(H,32,36). The molecule has 7 nitrogen and oxygen atoms in total. The molecule has 1 amide bonds. The zero-order valence-electron chi connectivity index (χ0n) is 21.6. The number of halogens is 1. The van der Waals surface area contributed by atoms with Crippen LogP contribution >= 0.6 is 11.6 Å². The van der Waals surface area contributed by atoms with Crippen LogP contribution in [0.2, 0.25) is 5.02 Å². The highest BCUT2D eigenvalue weighted by molar-refractivity contribution is 6.32. The van der Waals surface area contributed by atoms with Crippen molar-refractivity contribution in [3.05, 3.63) is 75.6 Å². The van der Waals surface area contributed by atoms with Gasteiger partial charge in [-0.2, -0.15) is 0 Å². The SMILES string of the molecule is CCOc1cc(C2C3=C(CCCC3=O)N(C)C3=C2C(=O)CCC3)cc(Cl)c1OCC(=O)Nc1ccccc1. The molecular formula is C30H31ClN2O5. The summed E-state index contributed by atoms with van der Waals surface area (Å²) in [7, 11) is 1.97. The second kappa shape index (κ2) is 11.0. The second-order valence-corrected chi connectivity index (χ2v) is 10.1. The molecule has 0 fully saturated rings. The Morgan fingerprint density at radius 3 is 2.21 bits per heavy atom. The van der Waals surface area contributed by atoms with Gasteiger partial charge < -0.3 is 19.7 Å². The number of hydrogen-bond acceptors (Lipinski definition) is 6. The molecule has 0 atom stereocenters. The van der Waals surface area contributed by atoms with Crippen LogP contribution in [0.5, 0.6) is 11.5 Å². The molecule has 38 heavy (non-hydrogen) atoms. The Kier molecular flexibility index (Phi) is 7.56. The molecule has 2 aromatic carbocycles. The van der Waals surface area contributed by atoms with Crippen LogP contribution in [-0.2, 0) is 14.4 Å². The van der Waals surface area contributed by atoms with Crippen LogP contribution in [0.4, 0.5) is 5.69 Å². The Balaban J connectivity index is 1.51. The average molecular weight is 535 g/mol. The number of Topliss-reactive ketones (excluding diaryl/α,β-unsaturated/α-hetero) is 2. The minimum absolute atomic E-state index is 0.0695. The van der Waals surface area contributed by atoms with Crippen molar-refractivity contribution in [2.45, 2.75) is 51.4 Å². The molecule has 8 heteroatoms. The smallest absolute Gasteiger partial charge is 0.262 e. The number of allylic oxidation sites excluding steroid dienone is 4. The van der Waals surface area contributed by atoms with Gasteiger partial charge in [-0.25, -0.2) is 0 Å². The average Bonchev–Trinajstić information content (AvgIpc) is 2.90. The molecule has 5 rings (SSSR count). The molecule has 0 radical (unpaired) electrons. The Hall–Kier alpha value is -3.58. The predicted molar refractivity (Wildman–Crippen MR) is 145 cm³/mol. The number of nitrogens with one attached hydrogen (secondary N) is 1. The zero-order chi connectivity index (χ0) is 26.8. The fraction of sp³-hybridized carbons (Fsp3) is 0.367. The molecule has 1 heterocycles. The summed E-state index contributed by atoms with van der Waals surface area (Å²) in [5.74, 6) is -0.0673. The molecule has 2 aromatic rings. The van der Waals surface area contributed by atoms with Gasteiger partial charge in [0.2, 0.25) is 0 Å². The number of ketones is 2. The molecule has 0 spiro atoms. The van der Waals surface area contributed by atoms with Crippen LogP contribution in [0.3, 0.4) is 0 Å². The summed E-state index contributed by atoms with van der Waals surface area (Å²) >= 11 is 6.74. The summed E-state index contributed by atoms with van der Waals surface area (Å²) in [5.41, 5.74) is 4.73. The molecular weight excluding hydrogens is 504 g/mol.